The van der Waals surface area contributed by atoms with Crippen LogP contribution >= 0.6 is 11.3 Å². The molecule has 1 aromatic carbocycles. The number of hydrogen-bond donors (Lipinski definition) is 1. The largest absolute Gasteiger partial charge is 0.322 e. The zero-order valence-electron chi connectivity index (χ0n) is 10.5. The molecular weight excluding hydrogens is 244 g/mol. The summed E-state index contributed by atoms with van der Waals surface area (Å²) in [6.07, 6.45) is 0.972. The van der Waals surface area contributed by atoms with Crippen molar-refractivity contribution in [3.05, 3.63) is 51.5 Å². The van der Waals surface area contributed by atoms with Crippen molar-refractivity contribution in [2.24, 2.45) is 5.73 Å². The van der Waals surface area contributed by atoms with Gasteiger partial charge in [0.2, 0.25) is 5.78 Å². The van der Waals surface area contributed by atoms with E-state index in [0.29, 0.717) is 11.3 Å². The molecule has 0 fully saturated rings. The smallest absolute Gasteiger partial charge is 0.212 e. The molecule has 2 rings (SSSR count). The SMILES string of the molecule is CCc1ccc(C(=O)c2csc(C(C)N)n2)cc1. The molecule has 18 heavy (non-hydrogen) atoms. The molecule has 0 amide bonds. The zero-order valence-corrected chi connectivity index (χ0v) is 11.3. The Balaban J connectivity index is 2.23. The summed E-state index contributed by atoms with van der Waals surface area (Å²) in [6, 6.07) is 7.54. The molecule has 1 unspecified atom stereocenters. The monoisotopic (exact) mass is 260 g/mol. The van der Waals surface area contributed by atoms with Crippen molar-refractivity contribution in [1.29, 1.82) is 0 Å². The standard InChI is InChI=1S/C14H16N2OS/c1-3-10-4-6-11(7-5-10)13(17)12-8-18-14(16-12)9(2)15/h4-9H,3,15H2,1-2H3. The molecule has 0 spiro atoms. The van der Waals surface area contributed by atoms with E-state index >= 15 is 0 Å². The van der Waals surface area contributed by atoms with Crippen LogP contribution in [0.2, 0.25) is 0 Å². The predicted octanol–water partition coefficient (Wildman–Crippen LogP) is 2.96. The van der Waals surface area contributed by atoms with E-state index in [9.17, 15) is 4.79 Å². The van der Waals surface area contributed by atoms with Gasteiger partial charge in [0.25, 0.3) is 0 Å². The molecule has 0 aliphatic rings. The lowest BCUT2D eigenvalue weighted by Crippen LogP contribution is -2.06. The summed E-state index contributed by atoms with van der Waals surface area (Å²) in [5.74, 6) is -0.0409. The van der Waals surface area contributed by atoms with Gasteiger partial charge >= 0.3 is 0 Å². The van der Waals surface area contributed by atoms with Gasteiger partial charge in [-0.05, 0) is 18.9 Å². The van der Waals surface area contributed by atoms with Crippen molar-refractivity contribution in [1.82, 2.24) is 4.98 Å². The van der Waals surface area contributed by atoms with Crippen LogP contribution in [0.4, 0.5) is 0 Å². The fraction of sp³-hybridized carbons (Fsp3) is 0.286. The normalized spacial score (nSPS) is 12.4. The Labute approximate surface area is 111 Å². The Bertz CT molecular complexity index is 543. The van der Waals surface area contributed by atoms with Crippen molar-refractivity contribution in [2.45, 2.75) is 26.3 Å². The average Bonchev–Trinajstić information content (AvgIpc) is 2.88. The predicted molar refractivity (Wildman–Crippen MR) is 74.0 cm³/mol. The third kappa shape index (κ3) is 2.66. The molecule has 3 nitrogen and oxygen atoms in total. The molecule has 0 saturated carbocycles. The second-order valence-corrected chi connectivity index (χ2v) is 5.13. The van der Waals surface area contributed by atoms with E-state index in [0.717, 1.165) is 11.4 Å². The summed E-state index contributed by atoms with van der Waals surface area (Å²) >= 11 is 1.43. The van der Waals surface area contributed by atoms with Gasteiger partial charge in [0.15, 0.2) is 0 Å². The average molecular weight is 260 g/mol. The number of benzene rings is 1. The lowest BCUT2D eigenvalue weighted by Gasteiger charge is -2.00. The minimum Gasteiger partial charge on any atom is -0.322 e. The van der Waals surface area contributed by atoms with E-state index in [4.69, 9.17) is 5.73 Å². The number of aromatic nitrogens is 1. The fourth-order valence-electron chi connectivity index (χ4n) is 1.64. The number of carbonyl (C=O) groups is 1. The summed E-state index contributed by atoms with van der Waals surface area (Å²) < 4.78 is 0. The zero-order chi connectivity index (χ0) is 13.1. The first-order valence-electron chi connectivity index (χ1n) is 5.96. The second-order valence-electron chi connectivity index (χ2n) is 4.24. The first-order chi connectivity index (χ1) is 8.61. The number of thiazole rings is 1. The Hall–Kier alpha value is -1.52. The van der Waals surface area contributed by atoms with Crippen LogP contribution in [-0.4, -0.2) is 10.8 Å². The summed E-state index contributed by atoms with van der Waals surface area (Å²) in [4.78, 5) is 16.5. The Morgan fingerprint density at radius 2 is 2.06 bits per heavy atom. The highest BCUT2D eigenvalue weighted by atomic mass is 32.1. The Morgan fingerprint density at radius 3 is 2.56 bits per heavy atom. The number of ketones is 1. The van der Waals surface area contributed by atoms with Gasteiger partial charge in [-0.25, -0.2) is 4.98 Å². The quantitative estimate of drug-likeness (QED) is 0.860. The molecule has 0 saturated heterocycles. The van der Waals surface area contributed by atoms with Crippen LogP contribution in [0.25, 0.3) is 0 Å². The van der Waals surface area contributed by atoms with Crippen molar-refractivity contribution >= 4 is 17.1 Å². The maximum absolute atomic E-state index is 12.2. The maximum atomic E-state index is 12.2. The van der Waals surface area contributed by atoms with Crippen LogP contribution in [-0.2, 0) is 6.42 Å². The highest BCUT2D eigenvalue weighted by Gasteiger charge is 2.14. The van der Waals surface area contributed by atoms with Crippen molar-refractivity contribution in [3.8, 4) is 0 Å². The van der Waals surface area contributed by atoms with E-state index < -0.39 is 0 Å². The van der Waals surface area contributed by atoms with Crippen LogP contribution in [0.1, 0.15) is 46.5 Å². The molecule has 1 aromatic heterocycles. The van der Waals surface area contributed by atoms with Crippen LogP contribution in [0.5, 0.6) is 0 Å². The van der Waals surface area contributed by atoms with Gasteiger partial charge in [-0.3, -0.25) is 4.79 Å². The number of nitrogens with zero attached hydrogens (tertiary/aromatic N) is 1. The van der Waals surface area contributed by atoms with Crippen molar-refractivity contribution < 1.29 is 4.79 Å². The molecule has 1 atom stereocenters. The van der Waals surface area contributed by atoms with Crippen molar-refractivity contribution in [3.63, 3.8) is 0 Å². The van der Waals surface area contributed by atoms with Gasteiger partial charge in [0.1, 0.15) is 10.7 Å². The van der Waals surface area contributed by atoms with Crippen LogP contribution < -0.4 is 5.73 Å². The van der Waals surface area contributed by atoms with Crippen LogP contribution in [0, 0.1) is 0 Å². The summed E-state index contributed by atoms with van der Waals surface area (Å²) in [7, 11) is 0. The maximum Gasteiger partial charge on any atom is 0.212 e. The number of aryl methyl sites for hydroxylation is 1. The van der Waals surface area contributed by atoms with Crippen LogP contribution in [0.3, 0.4) is 0 Å². The first kappa shape index (κ1) is 12.9. The lowest BCUT2D eigenvalue weighted by atomic mass is 10.1. The van der Waals surface area contributed by atoms with Gasteiger partial charge in [-0.2, -0.15) is 0 Å². The Morgan fingerprint density at radius 1 is 1.39 bits per heavy atom. The fourth-order valence-corrected chi connectivity index (χ4v) is 2.40. The van der Waals surface area contributed by atoms with E-state index in [-0.39, 0.29) is 11.8 Å². The van der Waals surface area contributed by atoms with Crippen molar-refractivity contribution in [2.75, 3.05) is 0 Å². The number of carbonyl (C=O) groups excluding carboxylic acids is 1. The van der Waals surface area contributed by atoms with Gasteiger partial charge < -0.3 is 5.73 Å². The topological polar surface area (TPSA) is 56.0 Å². The molecule has 4 heteroatoms. The first-order valence-corrected chi connectivity index (χ1v) is 6.84. The molecule has 0 aliphatic carbocycles. The summed E-state index contributed by atoms with van der Waals surface area (Å²) in [6.45, 7) is 3.95. The summed E-state index contributed by atoms with van der Waals surface area (Å²) in [5, 5.41) is 2.57. The lowest BCUT2D eigenvalue weighted by molar-refractivity contribution is 0.103. The molecule has 2 aromatic rings. The molecule has 0 aliphatic heterocycles. The molecule has 0 bridgehead atoms. The van der Waals surface area contributed by atoms with E-state index in [1.807, 2.05) is 31.2 Å². The van der Waals surface area contributed by atoms with E-state index in [1.165, 1.54) is 16.9 Å². The number of rotatable bonds is 4. The Kier molecular flexibility index (Phi) is 3.89. The highest BCUT2D eigenvalue weighted by molar-refractivity contribution is 7.09. The molecule has 0 radical (unpaired) electrons. The summed E-state index contributed by atoms with van der Waals surface area (Å²) in [5.41, 5.74) is 8.12. The molecule has 94 valence electrons. The number of nitrogens with two attached hydrogens (primary N) is 1. The third-order valence-corrected chi connectivity index (χ3v) is 3.81. The van der Waals surface area contributed by atoms with E-state index in [1.54, 1.807) is 5.38 Å². The number of hydrogen-bond acceptors (Lipinski definition) is 4. The van der Waals surface area contributed by atoms with Gasteiger partial charge in [-0.15, -0.1) is 11.3 Å². The highest BCUT2D eigenvalue weighted by Crippen LogP contribution is 2.18. The molecular formula is C14H16N2OS. The molecule has 2 N–H and O–H groups in total. The minimum absolute atomic E-state index is 0.0409. The van der Waals surface area contributed by atoms with Gasteiger partial charge in [-0.1, -0.05) is 31.2 Å². The van der Waals surface area contributed by atoms with E-state index in [2.05, 4.69) is 11.9 Å². The molecule has 1 heterocycles. The van der Waals surface area contributed by atoms with Gasteiger partial charge in [0.05, 0.1) is 6.04 Å². The minimum atomic E-state index is -0.126. The second kappa shape index (κ2) is 5.42. The third-order valence-electron chi connectivity index (χ3n) is 2.77. The van der Waals surface area contributed by atoms with Crippen LogP contribution in [0.15, 0.2) is 29.6 Å². The van der Waals surface area contributed by atoms with Gasteiger partial charge in [0, 0.05) is 10.9 Å².